The Hall–Kier alpha value is -0.770. The Balaban J connectivity index is 2.84. The zero-order valence-electron chi connectivity index (χ0n) is 12.8. The van der Waals surface area contributed by atoms with Crippen molar-refractivity contribution in [1.29, 1.82) is 0 Å². The Morgan fingerprint density at radius 1 is 1.35 bits per heavy atom. The highest BCUT2D eigenvalue weighted by molar-refractivity contribution is 6.30. The standard InChI is InChI=1S/C16H27ClN2O/c1-4-6-7-12(5-2)10-15(19-18)14-9-8-13(17)11-16(14)20-3/h8-9,11-12,15,19H,4-7,10,18H2,1-3H3. The summed E-state index contributed by atoms with van der Waals surface area (Å²) in [6.07, 6.45) is 5.95. The van der Waals surface area contributed by atoms with Gasteiger partial charge in [0.15, 0.2) is 0 Å². The topological polar surface area (TPSA) is 47.3 Å². The summed E-state index contributed by atoms with van der Waals surface area (Å²) < 4.78 is 5.43. The second kappa shape index (κ2) is 9.22. The number of hydrazine groups is 1. The molecule has 0 aromatic heterocycles. The molecule has 3 nitrogen and oxygen atoms in total. The predicted molar refractivity (Wildman–Crippen MR) is 86.0 cm³/mol. The molecular weight excluding hydrogens is 272 g/mol. The monoisotopic (exact) mass is 298 g/mol. The first-order valence-electron chi connectivity index (χ1n) is 7.45. The quantitative estimate of drug-likeness (QED) is 0.523. The average Bonchev–Trinajstić information content (AvgIpc) is 2.48. The predicted octanol–water partition coefficient (Wildman–Crippen LogP) is 4.46. The Morgan fingerprint density at radius 3 is 2.65 bits per heavy atom. The summed E-state index contributed by atoms with van der Waals surface area (Å²) in [6, 6.07) is 5.83. The summed E-state index contributed by atoms with van der Waals surface area (Å²) in [5.74, 6) is 7.23. The highest BCUT2D eigenvalue weighted by Gasteiger charge is 2.19. The van der Waals surface area contributed by atoms with Gasteiger partial charge >= 0.3 is 0 Å². The second-order valence-corrected chi connectivity index (χ2v) is 5.69. The number of nitrogens with two attached hydrogens (primary N) is 1. The van der Waals surface area contributed by atoms with Crippen LogP contribution in [0.2, 0.25) is 5.02 Å². The van der Waals surface area contributed by atoms with E-state index in [2.05, 4.69) is 19.3 Å². The average molecular weight is 299 g/mol. The highest BCUT2D eigenvalue weighted by atomic mass is 35.5. The van der Waals surface area contributed by atoms with Gasteiger partial charge in [0.1, 0.15) is 5.75 Å². The summed E-state index contributed by atoms with van der Waals surface area (Å²) in [7, 11) is 1.66. The van der Waals surface area contributed by atoms with Crippen LogP contribution in [-0.2, 0) is 0 Å². The van der Waals surface area contributed by atoms with Crippen LogP contribution in [0.4, 0.5) is 0 Å². The van der Waals surface area contributed by atoms with Crippen LogP contribution in [0.25, 0.3) is 0 Å². The number of unbranched alkanes of at least 4 members (excludes halogenated alkanes) is 1. The Kier molecular flexibility index (Phi) is 7.97. The fraction of sp³-hybridized carbons (Fsp3) is 0.625. The van der Waals surface area contributed by atoms with Gasteiger partial charge in [-0.25, -0.2) is 0 Å². The molecule has 1 rings (SSSR count). The van der Waals surface area contributed by atoms with Gasteiger partial charge in [-0.2, -0.15) is 0 Å². The summed E-state index contributed by atoms with van der Waals surface area (Å²) in [5.41, 5.74) is 4.01. The lowest BCUT2D eigenvalue weighted by molar-refractivity contribution is 0.343. The van der Waals surface area contributed by atoms with Gasteiger partial charge in [-0.1, -0.05) is 57.2 Å². The van der Waals surface area contributed by atoms with Gasteiger partial charge in [0.25, 0.3) is 0 Å². The number of benzene rings is 1. The first-order chi connectivity index (χ1) is 9.65. The molecular formula is C16H27ClN2O. The van der Waals surface area contributed by atoms with Crippen molar-refractivity contribution >= 4 is 11.6 Å². The lowest BCUT2D eigenvalue weighted by atomic mass is 9.89. The number of hydrogen-bond donors (Lipinski definition) is 2. The summed E-state index contributed by atoms with van der Waals surface area (Å²) >= 11 is 6.01. The number of rotatable bonds is 9. The SMILES string of the molecule is CCCCC(CC)CC(NN)c1ccc(Cl)cc1OC. The molecule has 0 radical (unpaired) electrons. The van der Waals surface area contributed by atoms with Gasteiger partial charge in [0.05, 0.1) is 7.11 Å². The van der Waals surface area contributed by atoms with Crippen LogP contribution < -0.4 is 16.0 Å². The zero-order chi connectivity index (χ0) is 15.0. The van der Waals surface area contributed by atoms with Crippen molar-refractivity contribution in [2.24, 2.45) is 11.8 Å². The molecule has 3 N–H and O–H groups in total. The van der Waals surface area contributed by atoms with E-state index in [0.29, 0.717) is 10.9 Å². The van der Waals surface area contributed by atoms with E-state index in [1.165, 1.54) is 25.7 Å². The minimum absolute atomic E-state index is 0.101. The fourth-order valence-electron chi connectivity index (χ4n) is 2.57. The number of hydrogen-bond acceptors (Lipinski definition) is 3. The smallest absolute Gasteiger partial charge is 0.125 e. The third-order valence-corrected chi connectivity index (χ3v) is 4.12. The van der Waals surface area contributed by atoms with Crippen LogP contribution in [0.1, 0.15) is 57.6 Å². The third-order valence-electron chi connectivity index (χ3n) is 3.88. The van der Waals surface area contributed by atoms with Crippen molar-refractivity contribution < 1.29 is 4.74 Å². The van der Waals surface area contributed by atoms with E-state index in [4.69, 9.17) is 22.2 Å². The van der Waals surface area contributed by atoms with Crippen molar-refractivity contribution in [2.75, 3.05) is 7.11 Å². The van der Waals surface area contributed by atoms with Crippen LogP contribution in [-0.4, -0.2) is 7.11 Å². The minimum atomic E-state index is 0.101. The second-order valence-electron chi connectivity index (χ2n) is 5.26. The van der Waals surface area contributed by atoms with E-state index in [-0.39, 0.29) is 6.04 Å². The number of halogens is 1. The van der Waals surface area contributed by atoms with Crippen LogP contribution in [0, 0.1) is 5.92 Å². The molecule has 1 aromatic rings. The number of nitrogens with one attached hydrogen (secondary N) is 1. The van der Waals surface area contributed by atoms with E-state index in [1.807, 2.05) is 18.2 Å². The van der Waals surface area contributed by atoms with Crippen molar-refractivity contribution in [3.8, 4) is 5.75 Å². The molecule has 2 unspecified atom stereocenters. The lowest BCUT2D eigenvalue weighted by Crippen LogP contribution is -2.30. The fourth-order valence-corrected chi connectivity index (χ4v) is 2.73. The maximum Gasteiger partial charge on any atom is 0.125 e. The summed E-state index contributed by atoms with van der Waals surface area (Å²) in [4.78, 5) is 0. The van der Waals surface area contributed by atoms with Crippen LogP contribution in [0.3, 0.4) is 0 Å². The molecule has 0 fully saturated rings. The maximum atomic E-state index is 6.01. The molecule has 0 aliphatic rings. The molecule has 0 amide bonds. The van der Waals surface area contributed by atoms with E-state index in [9.17, 15) is 0 Å². The van der Waals surface area contributed by atoms with Gasteiger partial charge in [0, 0.05) is 16.6 Å². The number of methoxy groups -OCH3 is 1. The van der Waals surface area contributed by atoms with Gasteiger partial charge in [-0.05, 0) is 24.5 Å². The summed E-state index contributed by atoms with van der Waals surface area (Å²) in [5, 5.41) is 0.680. The molecule has 0 aliphatic carbocycles. The van der Waals surface area contributed by atoms with Crippen LogP contribution >= 0.6 is 11.6 Å². The Labute approximate surface area is 127 Å². The van der Waals surface area contributed by atoms with Crippen LogP contribution in [0.5, 0.6) is 5.75 Å². The van der Waals surface area contributed by atoms with Gasteiger partial charge in [-0.3, -0.25) is 11.3 Å². The molecule has 0 aliphatic heterocycles. The Bertz CT molecular complexity index is 398. The molecule has 1 aromatic carbocycles. The first kappa shape index (κ1) is 17.3. The normalized spacial score (nSPS) is 14.1. The maximum absolute atomic E-state index is 6.01. The molecule has 0 heterocycles. The molecule has 4 heteroatoms. The van der Waals surface area contributed by atoms with Crippen LogP contribution in [0.15, 0.2) is 18.2 Å². The largest absolute Gasteiger partial charge is 0.496 e. The van der Waals surface area contributed by atoms with Gasteiger partial charge in [0.2, 0.25) is 0 Å². The first-order valence-corrected chi connectivity index (χ1v) is 7.83. The van der Waals surface area contributed by atoms with E-state index in [1.54, 1.807) is 7.11 Å². The summed E-state index contributed by atoms with van der Waals surface area (Å²) in [6.45, 7) is 4.47. The third kappa shape index (κ3) is 4.97. The molecule has 20 heavy (non-hydrogen) atoms. The Morgan fingerprint density at radius 2 is 2.10 bits per heavy atom. The molecule has 0 bridgehead atoms. The molecule has 2 atom stereocenters. The van der Waals surface area contributed by atoms with Gasteiger partial charge < -0.3 is 4.74 Å². The van der Waals surface area contributed by atoms with E-state index < -0.39 is 0 Å². The number of ether oxygens (including phenoxy) is 1. The zero-order valence-corrected chi connectivity index (χ0v) is 13.5. The minimum Gasteiger partial charge on any atom is -0.496 e. The van der Waals surface area contributed by atoms with E-state index >= 15 is 0 Å². The van der Waals surface area contributed by atoms with E-state index in [0.717, 1.165) is 17.7 Å². The highest BCUT2D eigenvalue weighted by Crippen LogP contribution is 2.33. The van der Waals surface area contributed by atoms with Crippen molar-refractivity contribution in [3.05, 3.63) is 28.8 Å². The van der Waals surface area contributed by atoms with Crippen molar-refractivity contribution in [3.63, 3.8) is 0 Å². The molecule has 0 spiro atoms. The van der Waals surface area contributed by atoms with Gasteiger partial charge in [-0.15, -0.1) is 0 Å². The molecule has 114 valence electrons. The molecule has 0 saturated heterocycles. The van der Waals surface area contributed by atoms with Crippen molar-refractivity contribution in [2.45, 2.75) is 52.0 Å². The lowest BCUT2D eigenvalue weighted by Gasteiger charge is -2.24. The molecule has 0 saturated carbocycles. The van der Waals surface area contributed by atoms with Crippen molar-refractivity contribution in [1.82, 2.24) is 5.43 Å².